The number of pyridine rings is 1. The van der Waals surface area contributed by atoms with E-state index in [2.05, 4.69) is 26.5 Å². The Balaban J connectivity index is 1.39. The third-order valence-electron chi connectivity index (χ3n) is 4.73. The first-order valence-corrected chi connectivity index (χ1v) is 9.56. The molecule has 3 heterocycles. The molecule has 1 saturated heterocycles. The van der Waals surface area contributed by atoms with E-state index in [0.29, 0.717) is 31.3 Å². The third kappa shape index (κ3) is 4.60. The topological polar surface area (TPSA) is 93.4 Å². The molecular formula is C21H23N5O3. The maximum Gasteiger partial charge on any atom is 0.317 e. The number of rotatable bonds is 4. The van der Waals surface area contributed by atoms with E-state index in [1.54, 1.807) is 18.0 Å². The number of urea groups is 1. The van der Waals surface area contributed by atoms with Gasteiger partial charge in [-0.2, -0.15) is 4.98 Å². The molecule has 2 atom stereocenters. The van der Waals surface area contributed by atoms with Gasteiger partial charge in [-0.05, 0) is 42.7 Å². The SMILES string of the molecule is Cc1noc([C@H]2CN(C(=O)NCc3cccc(-c4cccnc4)c3)C[C@@H](C)O2)n1. The quantitative estimate of drug-likeness (QED) is 0.732. The second-order valence-electron chi connectivity index (χ2n) is 7.12. The lowest BCUT2D eigenvalue weighted by Gasteiger charge is -2.35. The summed E-state index contributed by atoms with van der Waals surface area (Å²) in [5.41, 5.74) is 3.13. The van der Waals surface area contributed by atoms with Crippen molar-refractivity contribution in [3.8, 4) is 11.1 Å². The molecule has 29 heavy (non-hydrogen) atoms. The Hall–Kier alpha value is -3.26. The third-order valence-corrected chi connectivity index (χ3v) is 4.73. The smallest absolute Gasteiger partial charge is 0.317 e. The number of ether oxygens (including phenoxy) is 1. The van der Waals surface area contributed by atoms with Gasteiger partial charge in [0.15, 0.2) is 11.9 Å². The molecule has 0 saturated carbocycles. The highest BCUT2D eigenvalue weighted by atomic mass is 16.5. The monoisotopic (exact) mass is 393 g/mol. The lowest BCUT2D eigenvalue weighted by atomic mass is 10.0. The summed E-state index contributed by atoms with van der Waals surface area (Å²) in [7, 11) is 0. The Bertz CT molecular complexity index is 975. The molecule has 0 aliphatic carbocycles. The Morgan fingerprint density at radius 1 is 1.24 bits per heavy atom. The van der Waals surface area contributed by atoms with E-state index < -0.39 is 6.10 Å². The highest BCUT2D eigenvalue weighted by Crippen LogP contribution is 2.24. The largest absolute Gasteiger partial charge is 0.362 e. The van der Waals surface area contributed by atoms with Crippen molar-refractivity contribution in [1.82, 2.24) is 25.3 Å². The highest BCUT2D eigenvalue weighted by molar-refractivity contribution is 5.74. The minimum Gasteiger partial charge on any atom is -0.362 e. The summed E-state index contributed by atoms with van der Waals surface area (Å²) >= 11 is 0. The van der Waals surface area contributed by atoms with Gasteiger partial charge in [0, 0.05) is 25.5 Å². The van der Waals surface area contributed by atoms with Crippen LogP contribution in [0.3, 0.4) is 0 Å². The number of nitrogens with one attached hydrogen (secondary N) is 1. The van der Waals surface area contributed by atoms with Crippen LogP contribution in [0.1, 0.15) is 30.3 Å². The van der Waals surface area contributed by atoms with Gasteiger partial charge in [-0.15, -0.1) is 0 Å². The summed E-state index contributed by atoms with van der Waals surface area (Å²) in [5.74, 6) is 0.947. The van der Waals surface area contributed by atoms with Gasteiger partial charge in [0.25, 0.3) is 5.89 Å². The molecule has 3 aromatic rings. The number of aryl methyl sites for hydroxylation is 1. The van der Waals surface area contributed by atoms with Crippen LogP contribution in [0.4, 0.5) is 4.79 Å². The minimum atomic E-state index is -0.417. The number of hydrogen-bond donors (Lipinski definition) is 1. The van der Waals surface area contributed by atoms with E-state index in [0.717, 1.165) is 16.7 Å². The van der Waals surface area contributed by atoms with E-state index in [1.807, 2.05) is 43.5 Å². The van der Waals surface area contributed by atoms with E-state index in [1.165, 1.54) is 0 Å². The van der Waals surface area contributed by atoms with Gasteiger partial charge in [-0.3, -0.25) is 4.98 Å². The van der Waals surface area contributed by atoms with Crippen LogP contribution in [0.5, 0.6) is 0 Å². The minimum absolute atomic E-state index is 0.124. The Morgan fingerprint density at radius 3 is 2.86 bits per heavy atom. The fourth-order valence-corrected chi connectivity index (χ4v) is 3.38. The van der Waals surface area contributed by atoms with Crippen LogP contribution in [-0.2, 0) is 11.3 Å². The molecule has 0 unspecified atom stereocenters. The zero-order valence-electron chi connectivity index (χ0n) is 16.4. The maximum atomic E-state index is 12.7. The Morgan fingerprint density at radius 2 is 2.10 bits per heavy atom. The molecule has 1 aliphatic heterocycles. The number of amides is 2. The molecule has 1 aliphatic rings. The number of carbonyl (C=O) groups is 1. The first-order valence-electron chi connectivity index (χ1n) is 9.56. The predicted octanol–water partition coefficient (Wildman–Crippen LogP) is 3.11. The summed E-state index contributed by atoms with van der Waals surface area (Å²) in [6, 6.07) is 11.8. The van der Waals surface area contributed by atoms with Crippen LogP contribution in [-0.4, -0.2) is 45.2 Å². The number of hydrogen-bond acceptors (Lipinski definition) is 6. The summed E-state index contributed by atoms with van der Waals surface area (Å²) < 4.78 is 11.1. The summed E-state index contributed by atoms with van der Waals surface area (Å²) in [5, 5.41) is 6.80. The number of carbonyl (C=O) groups excluding carboxylic acids is 1. The number of morpholine rings is 1. The fraction of sp³-hybridized carbons (Fsp3) is 0.333. The van der Waals surface area contributed by atoms with E-state index in [9.17, 15) is 4.79 Å². The van der Waals surface area contributed by atoms with Crippen LogP contribution >= 0.6 is 0 Å². The van der Waals surface area contributed by atoms with Gasteiger partial charge in [0.05, 0.1) is 12.6 Å². The van der Waals surface area contributed by atoms with Crippen LogP contribution in [0.25, 0.3) is 11.1 Å². The fourth-order valence-electron chi connectivity index (χ4n) is 3.38. The van der Waals surface area contributed by atoms with Crippen LogP contribution in [0, 0.1) is 6.92 Å². The highest BCUT2D eigenvalue weighted by Gasteiger charge is 2.32. The van der Waals surface area contributed by atoms with Gasteiger partial charge in [0.2, 0.25) is 0 Å². The molecule has 0 spiro atoms. The molecule has 2 aromatic heterocycles. The Kier molecular flexibility index (Phi) is 5.53. The van der Waals surface area contributed by atoms with E-state index >= 15 is 0 Å². The molecule has 150 valence electrons. The summed E-state index contributed by atoms with van der Waals surface area (Å²) in [6.07, 6.45) is 3.03. The van der Waals surface area contributed by atoms with Crippen molar-refractivity contribution in [2.75, 3.05) is 13.1 Å². The summed E-state index contributed by atoms with van der Waals surface area (Å²) in [4.78, 5) is 22.9. The zero-order valence-corrected chi connectivity index (χ0v) is 16.4. The van der Waals surface area contributed by atoms with Crippen molar-refractivity contribution < 1.29 is 14.1 Å². The molecule has 1 fully saturated rings. The zero-order chi connectivity index (χ0) is 20.2. The maximum absolute atomic E-state index is 12.7. The Labute approximate surface area is 168 Å². The van der Waals surface area contributed by atoms with Crippen LogP contribution in [0.2, 0.25) is 0 Å². The van der Waals surface area contributed by atoms with Gasteiger partial charge < -0.3 is 19.5 Å². The number of aromatic nitrogens is 3. The van der Waals surface area contributed by atoms with Crippen LogP contribution < -0.4 is 5.32 Å². The lowest BCUT2D eigenvalue weighted by Crippen LogP contribution is -2.49. The van der Waals surface area contributed by atoms with Crippen molar-refractivity contribution >= 4 is 6.03 Å². The van der Waals surface area contributed by atoms with E-state index in [-0.39, 0.29) is 12.1 Å². The molecule has 1 aromatic carbocycles. The molecule has 0 bridgehead atoms. The normalized spacial score (nSPS) is 19.2. The molecule has 1 N–H and O–H groups in total. The molecule has 4 rings (SSSR count). The van der Waals surface area contributed by atoms with Crippen molar-refractivity contribution in [1.29, 1.82) is 0 Å². The molecule has 8 nitrogen and oxygen atoms in total. The first kappa shape index (κ1) is 19.1. The average Bonchev–Trinajstić information content (AvgIpc) is 3.19. The van der Waals surface area contributed by atoms with Gasteiger partial charge in [-0.25, -0.2) is 4.79 Å². The van der Waals surface area contributed by atoms with Gasteiger partial charge in [-0.1, -0.05) is 29.4 Å². The first-order chi connectivity index (χ1) is 14.1. The van der Waals surface area contributed by atoms with Crippen molar-refractivity contribution in [2.24, 2.45) is 0 Å². The predicted molar refractivity (Wildman–Crippen MR) is 106 cm³/mol. The van der Waals surface area contributed by atoms with Crippen LogP contribution in [0.15, 0.2) is 53.3 Å². The second kappa shape index (κ2) is 8.40. The van der Waals surface area contributed by atoms with Gasteiger partial charge >= 0.3 is 6.03 Å². The summed E-state index contributed by atoms with van der Waals surface area (Å²) in [6.45, 7) is 4.98. The average molecular weight is 393 g/mol. The van der Waals surface area contributed by atoms with Crippen molar-refractivity contribution in [2.45, 2.75) is 32.6 Å². The molecular weight excluding hydrogens is 370 g/mol. The second-order valence-corrected chi connectivity index (χ2v) is 7.12. The van der Waals surface area contributed by atoms with E-state index in [4.69, 9.17) is 9.26 Å². The molecule has 2 amide bonds. The van der Waals surface area contributed by atoms with Gasteiger partial charge in [0.1, 0.15) is 0 Å². The number of nitrogens with zero attached hydrogens (tertiary/aromatic N) is 4. The molecule has 8 heteroatoms. The molecule has 0 radical (unpaired) electrons. The number of benzene rings is 1. The standard InChI is InChI=1S/C21H23N5O3/c1-14-12-26(13-19(28-14)20-24-15(2)25-29-20)21(27)23-10-16-5-3-6-17(9-16)18-7-4-8-22-11-18/h3-9,11,14,19H,10,12-13H2,1-2H3,(H,23,27)/t14-,19-/m1/s1. The lowest BCUT2D eigenvalue weighted by molar-refractivity contribution is -0.0782. The van der Waals surface area contributed by atoms with Crippen molar-refractivity contribution in [3.05, 3.63) is 66.1 Å². The van der Waals surface area contributed by atoms with Crippen molar-refractivity contribution in [3.63, 3.8) is 0 Å².